The molecule has 0 fully saturated rings. The van der Waals surface area contributed by atoms with E-state index in [0.29, 0.717) is 44.9 Å². The van der Waals surface area contributed by atoms with Crippen LogP contribution in [-0.2, 0) is 6.42 Å². The number of hydrogen-bond donors (Lipinski definition) is 1. The fourth-order valence-electron chi connectivity index (χ4n) is 2.92. The number of halogens is 2. The lowest BCUT2D eigenvalue weighted by molar-refractivity contribution is 0.102. The number of aromatic nitrogens is 1. The third kappa shape index (κ3) is 4.36. The summed E-state index contributed by atoms with van der Waals surface area (Å²) in [6, 6.07) is 17.7. The Morgan fingerprint density at radius 1 is 1.07 bits per heavy atom. The lowest BCUT2D eigenvalue weighted by atomic mass is 10.1. The largest absolute Gasteiger partial charge is 0.495 e. The van der Waals surface area contributed by atoms with Gasteiger partial charge < -0.3 is 14.5 Å². The number of hydrogen-bond acceptors (Lipinski definition) is 4. The van der Waals surface area contributed by atoms with Crippen LogP contribution in [0.15, 0.2) is 65.1 Å². The quantitative estimate of drug-likeness (QED) is 0.425. The highest BCUT2D eigenvalue weighted by Crippen LogP contribution is 2.26. The van der Waals surface area contributed by atoms with Gasteiger partial charge >= 0.3 is 0 Å². The summed E-state index contributed by atoms with van der Waals surface area (Å²) in [4.78, 5) is 16.9. The van der Waals surface area contributed by atoms with Crippen molar-refractivity contribution >= 4 is 45.9 Å². The van der Waals surface area contributed by atoms with Gasteiger partial charge in [0.1, 0.15) is 11.3 Å². The van der Waals surface area contributed by atoms with Crippen LogP contribution in [-0.4, -0.2) is 18.0 Å². The van der Waals surface area contributed by atoms with Crippen LogP contribution in [0.3, 0.4) is 0 Å². The smallest absolute Gasteiger partial charge is 0.255 e. The maximum Gasteiger partial charge on any atom is 0.255 e. The van der Waals surface area contributed by atoms with E-state index >= 15 is 0 Å². The Bertz CT molecular complexity index is 1190. The maximum atomic E-state index is 12.4. The van der Waals surface area contributed by atoms with Gasteiger partial charge in [0, 0.05) is 22.7 Å². The van der Waals surface area contributed by atoms with Crippen molar-refractivity contribution in [3.63, 3.8) is 0 Å². The summed E-state index contributed by atoms with van der Waals surface area (Å²) in [5.74, 6) is 0.874. The number of carbonyl (C=O) groups excluding carboxylic acids is 1. The molecule has 0 saturated carbocycles. The first-order chi connectivity index (χ1) is 14.0. The number of benzene rings is 3. The van der Waals surface area contributed by atoms with E-state index in [1.165, 1.54) is 7.11 Å². The van der Waals surface area contributed by atoms with Crippen LogP contribution in [0.5, 0.6) is 5.75 Å². The summed E-state index contributed by atoms with van der Waals surface area (Å²) in [7, 11) is 1.53. The molecule has 3 aromatic carbocycles. The molecule has 5 nitrogen and oxygen atoms in total. The summed E-state index contributed by atoms with van der Waals surface area (Å²) in [6.07, 6.45) is 0.536. The molecule has 29 heavy (non-hydrogen) atoms. The van der Waals surface area contributed by atoms with Crippen molar-refractivity contribution in [3.8, 4) is 5.75 Å². The average molecular weight is 427 g/mol. The number of fused-ring (bicyclic) bond motifs is 1. The van der Waals surface area contributed by atoms with Crippen LogP contribution in [0, 0.1) is 0 Å². The van der Waals surface area contributed by atoms with Crippen LogP contribution < -0.4 is 10.1 Å². The average Bonchev–Trinajstić information content (AvgIpc) is 3.10. The third-order valence-corrected chi connectivity index (χ3v) is 4.91. The SMILES string of the molecule is COc1ccc(C(=O)Nc2ccc(Cc3nc4cc(Cl)ccc4o3)cc2)cc1Cl. The molecule has 0 saturated heterocycles. The molecule has 0 aliphatic heterocycles. The van der Waals surface area contributed by atoms with Crippen LogP contribution in [0.25, 0.3) is 11.1 Å². The van der Waals surface area contributed by atoms with Crippen molar-refractivity contribution in [3.05, 3.63) is 87.7 Å². The molecule has 4 aromatic rings. The van der Waals surface area contributed by atoms with Gasteiger partial charge in [0.2, 0.25) is 0 Å². The van der Waals surface area contributed by atoms with Crippen LogP contribution in [0.2, 0.25) is 10.0 Å². The molecule has 0 aliphatic carbocycles. The molecule has 0 spiro atoms. The van der Waals surface area contributed by atoms with Crippen molar-refractivity contribution in [1.82, 2.24) is 4.98 Å². The van der Waals surface area contributed by atoms with E-state index in [0.717, 1.165) is 11.1 Å². The number of oxazole rings is 1. The lowest BCUT2D eigenvalue weighted by Gasteiger charge is -2.08. The Balaban J connectivity index is 1.44. The van der Waals surface area contributed by atoms with Crippen LogP contribution in [0.4, 0.5) is 5.69 Å². The van der Waals surface area contributed by atoms with Gasteiger partial charge in [-0.1, -0.05) is 35.3 Å². The summed E-state index contributed by atoms with van der Waals surface area (Å²) in [5.41, 5.74) is 3.56. The summed E-state index contributed by atoms with van der Waals surface area (Å²) in [6.45, 7) is 0. The highest BCUT2D eigenvalue weighted by molar-refractivity contribution is 6.32. The van der Waals surface area contributed by atoms with Gasteiger partial charge in [-0.25, -0.2) is 4.98 Å². The summed E-state index contributed by atoms with van der Waals surface area (Å²) >= 11 is 12.1. The predicted molar refractivity (Wildman–Crippen MR) is 114 cm³/mol. The molecule has 1 N–H and O–H groups in total. The zero-order chi connectivity index (χ0) is 20.4. The molecule has 0 bridgehead atoms. The van der Waals surface area contributed by atoms with Crippen molar-refractivity contribution in [2.45, 2.75) is 6.42 Å². The van der Waals surface area contributed by atoms with E-state index in [-0.39, 0.29) is 5.91 Å². The Morgan fingerprint density at radius 2 is 1.86 bits per heavy atom. The molecule has 0 aliphatic rings. The second kappa shape index (κ2) is 8.15. The Kier molecular flexibility index (Phi) is 5.43. The van der Waals surface area contributed by atoms with E-state index in [2.05, 4.69) is 10.3 Å². The first kappa shape index (κ1) is 19.3. The number of carbonyl (C=O) groups is 1. The zero-order valence-corrected chi connectivity index (χ0v) is 16.9. The molecule has 1 amide bonds. The molecule has 7 heteroatoms. The molecule has 4 rings (SSSR count). The monoisotopic (exact) mass is 426 g/mol. The van der Waals surface area contributed by atoms with Gasteiger partial charge in [-0.05, 0) is 54.1 Å². The van der Waals surface area contributed by atoms with Crippen molar-refractivity contribution in [2.24, 2.45) is 0 Å². The van der Waals surface area contributed by atoms with E-state index in [9.17, 15) is 4.79 Å². The van der Waals surface area contributed by atoms with E-state index < -0.39 is 0 Å². The molecule has 1 aromatic heterocycles. The highest BCUT2D eigenvalue weighted by atomic mass is 35.5. The maximum absolute atomic E-state index is 12.4. The van der Waals surface area contributed by atoms with Gasteiger partial charge in [-0.2, -0.15) is 0 Å². The van der Waals surface area contributed by atoms with Gasteiger partial charge in [0.05, 0.1) is 12.1 Å². The standard InChI is InChI=1S/C22H16Cl2N2O3/c1-28-19-8-4-14(11-17(19)24)22(27)25-16-6-2-13(3-7-16)10-21-26-18-12-15(23)5-9-20(18)29-21/h2-9,11-12H,10H2,1H3,(H,25,27). The number of ether oxygens (including phenoxy) is 1. The second-order valence-electron chi connectivity index (χ2n) is 6.40. The third-order valence-electron chi connectivity index (χ3n) is 4.38. The number of nitrogens with one attached hydrogen (secondary N) is 1. The number of rotatable bonds is 5. The number of methoxy groups -OCH3 is 1. The molecular weight excluding hydrogens is 411 g/mol. The van der Waals surface area contributed by atoms with E-state index in [1.807, 2.05) is 24.3 Å². The van der Waals surface area contributed by atoms with Crippen LogP contribution >= 0.6 is 23.2 Å². The van der Waals surface area contributed by atoms with Gasteiger partial charge in [-0.15, -0.1) is 0 Å². The van der Waals surface area contributed by atoms with Crippen molar-refractivity contribution in [2.75, 3.05) is 12.4 Å². The number of nitrogens with zero attached hydrogens (tertiary/aromatic N) is 1. The van der Waals surface area contributed by atoms with Gasteiger partial charge in [-0.3, -0.25) is 4.79 Å². The molecule has 1 heterocycles. The minimum Gasteiger partial charge on any atom is -0.495 e. The first-order valence-corrected chi connectivity index (χ1v) is 9.56. The predicted octanol–water partition coefficient (Wildman–Crippen LogP) is 5.99. The molecule has 0 atom stereocenters. The van der Waals surface area contributed by atoms with Crippen LogP contribution in [0.1, 0.15) is 21.8 Å². The van der Waals surface area contributed by atoms with Crippen molar-refractivity contribution < 1.29 is 13.9 Å². The Labute approximate surface area is 177 Å². The summed E-state index contributed by atoms with van der Waals surface area (Å²) < 4.78 is 10.8. The van der Waals surface area contributed by atoms with E-state index in [4.69, 9.17) is 32.4 Å². The molecule has 0 unspecified atom stereocenters. The molecule has 146 valence electrons. The molecule has 0 radical (unpaired) electrons. The zero-order valence-electron chi connectivity index (χ0n) is 15.4. The molecular formula is C22H16Cl2N2O3. The van der Waals surface area contributed by atoms with Gasteiger partial charge in [0.25, 0.3) is 5.91 Å². The lowest BCUT2D eigenvalue weighted by Crippen LogP contribution is -2.11. The summed E-state index contributed by atoms with van der Waals surface area (Å²) in [5, 5.41) is 3.85. The minimum absolute atomic E-state index is 0.252. The fourth-order valence-corrected chi connectivity index (χ4v) is 3.34. The normalized spacial score (nSPS) is 10.9. The Morgan fingerprint density at radius 3 is 2.59 bits per heavy atom. The highest BCUT2D eigenvalue weighted by Gasteiger charge is 2.11. The second-order valence-corrected chi connectivity index (χ2v) is 7.24. The van der Waals surface area contributed by atoms with Crippen molar-refractivity contribution in [1.29, 1.82) is 0 Å². The number of anilines is 1. The van der Waals surface area contributed by atoms with E-state index in [1.54, 1.807) is 36.4 Å². The Hall–Kier alpha value is -3.02. The number of amides is 1. The van der Waals surface area contributed by atoms with Gasteiger partial charge in [0.15, 0.2) is 11.5 Å². The fraction of sp³-hybridized carbons (Fsp3) is 0.0909. The minimum atomic E-state index is -0.252. The topological polar surface area (TPSA) is 64.4 Å². The first-order valence-electron chi connectivity index (χ1n) is 8.80.